The van der Waals surface area contributed by atoms with Crippen molar-refractivity contribution in [3.05, 3.63) is 97.2 Å². The van der Waals surface area contributed by atoms with Gasteiger partial charge in [-0.25, -0.2) is 0 Å². The van der Waals surface area contributed by atoms with Crippen LogP contribution in [0.3, 0.4) is 0 Å². The summed E-state index contributed by atoms with van der Waals surface area (Å²) in [5.41, 5.74) is 0. The molecule has 0 aromatic carbocycles. The van der Waals surface area contributed by atoms with Crippen LogP contribution in [0.15, 0.2) is 97.2 Å². The number of carbonyl (C=O) groups excluding carboxylic acids is 3. The normalized spacial score (nSPS) is 12.8. The molecule has 0 radical (unpaired) electrons. The van der Waals surface area contributed by atoms with Gasteiger partial charge >= 0.3 is 17.9 Å². The Balaban J connectivity index is 4.31. The molecule has 0 N–H and O–H groups in total. The molecule has 6 nitrogen and oxygen atoms in total. The highest BCUT2D eigenvalue weighted by atomic mass is 16.6. The second-order valence-corrected chi connectivity index (χ2v) is 18.1. The van der Waals surface area contributed by atoms with E-state index in [0.29, 0.717) is 19.3 Å². The number of esters is 3. The molecule has 6 heteroatoms. The first-order valence-electron chi connectivity index (χ1n) is 27.7. The summed E-state index contributed by atoms with van der Waals surface area (Å²) in [5, 5.41) is 0. The van der Waals surface area contributed by atoms with Crippen molar-refractivity contribution in [3.63, 3.8) is 0 Å². The summed E-state index contributed by atoms with van der Waals surface area (Å²) < 4.78 is 16.7. The summed E-state index contributed by atoms with van der Waals surface area (Å²) in [6.07, 6.45) is 72.9. The van der Waals surface area contributed by atoms with Crippen LogP contribution >= 0.6 is 0 Å². The van der Waals surface area contributed by atoms with Crippen LogP contribution in [0, 0.1) is 0 Å². The minimum absolute atomic E-state index is 0.108. The van der Waals surface area contributed by atoms with Crippen LogP contribution in [0.1, 0.15) is 252 Å². The van der Waals surface area contributed by atoms with E-state index in [0.717, 1.165) is 83.5 Å². The van der Waals surface area contributed by atoms with Gasteiger partial charge in [0.15, 0.2) is 6.10 Å². The first-order chi connectivity index (χ1) is 33.0. The van der Waals surface area contributed by atoms with Gasteiger partial charge in [0, 0.05) is 19.3 Å². The molecule has 0 heterocycles. The predicted octanol–water partition coefficient (Wildman–Crippen LogP) is 18.5. The van der Waals surface area contributed by atoms with Crippen molar-refractivity contribution < 1.29 is 28.6 Å². The summed E-state index contributed by atoms with van der Waals surface area (Å²) >= 11 is 0. The third kappa shape index (κ3) is 53.2. The Morgan fingerprint density at radius 3 is 0.970 bits per heavy atom. The molecule has 0 aliphatic heterocycles. The lowest BCUT2D eigenvalue weighted by atomic mass is 10.0. The van der Waals surface area contributed by atoms with Crippen molar-refractivity contribution in [1.29, 1.82) is 0 Å². The number of allylic oxidation sites excluding steroid dienone is 16. The minimum Gasteiger partial charge on any atom is -0.462 e. The third-order valence-electron chi connectivity index (χ3n) is 11.6. The maximum Gasteiger partial charge on any atom is 0.306 e. The van der Waals surface area contributed by atoms with Gasteiger partial charge in [-0.15, -0.1) is 0 Å². The molecule has 67 heavy (non-hydrogen) atoms. The van der Waals surface area contributed by atoms with Crippen LogP contribution in [-0.2, 0) is 28.6 Å². The summed E-state index contributed by atoms with van der Waals surface area (Å²) in [5.74, 6) is -1.00. The maximum atomic E-state index is 12.8. The Morgan fingerprint density at radius 2 is 0.612 bits per heavy atom. The van der Waals surface area contributed by atoms with Crippen molar-refractivity contribution in [3.8, 4) is 0 Å². The molecule has 1 unspecified atom stereocenters. The summed E-state index contributed by atoms with van der Waals surface area (Å²) in [7, 11) is 0. The molecule has 0 rings (SSSR count). The Kier molecular flexibility index (Phi) is 51.9. The quantitative estimate of drug-likeness (QED) is 0.0262. The fourth-order valence-electron chi connectivity index (χ4n) is 7.44. The first-order valence-corrected chi connectivity index (χ1v) is 27.7. The van der Waals surface area contributed by atoms with E-state index in [1.54, 1.807) is 0 Å². The number of unbranched alkanes of at least 4 members (excludes halogenated alkanes) is 22. The van der Waals surface area contributed by atoms with Crippen LogP contribution in [0.4, 0.5) is 0 Å². The summed E-state index contributed by atoms with van der Waals surface area (Å²) in [4.78, 5) is 37.9. The van der Waals surface area contributed by atoms with E-state index < -0.39 is 12.1 Å². The molecule has 0 aromatic rings. The molecule has 0 fully saturated rings. The van der Waals surface area contributed by atoms with E-state index in [1.165, 1.54) is 122 Å². The second-order valence-electron chi connectivity index (χ2n) is 18.1. The van der Waals surface area contributed by atoms with E-state index in [9.17, 15) is 14.4 Å². The largest absolute Gasteiger partial charge is 0.462 e. The van der Waals surface area contributed by atoms with Gasteiger partial charge in [-0.3, -0.25) is 14.4 Å². The predicted molar refractivity (Wildman–Crippen MR) is 288 cm³/mol. The summed E-state index contributed by atoms with van der Waals surface area (Å²) in [6, 6.07) is 0. The Morgan fingerprint density at radius 1 is 0.313 bits per heavy atom. The summed E-state index contributed by atoms with van der Waals surface area (Å²) in [6.45, 7) is 6.41. The molecular formula is C61H102O6. The molecular weight excluding hydrogens is 829 g/mol. The molecule has 382 valence electrons. The Bertz CT molecular complexity index is 1350. The van der Waals surface area contributed by atoms with E-state index in [4.69, 9.17) is 14.2 Å². The van der Waals surface area contributed by atoms with Gasteiger partial charge < -0.3 is 14.2 Å². The van der Waals surface area contributed by atoms with Gasteiger partial charge in [-0.1, -0.05) is 240 Å². The molecule has 0 saturated carbocycles. The van der Waals surface area contributed by atoms with Crippen LogP contribution in [0.2, 0.25) is 0 Å². The second kappa shape index (κ2) is 54.9. The van der Waals surface area contributed by atoms with Crippen molar-refractivity contribution in [2.24, 2.45) is 0 Å². The third-order valence-corrected chi connectivity index (χ3v) is 11.6. The number of carbonyl (C=O) groups is 3. The lowest BCUT2D eigenvalue weighted by Gasteiger charge is -2.18. The number of ether oxygens (including phenoxy) is 3. The van der Waals surface area contributed by atoms with Crippen molar-refractivity contribution in [2.45, 2.75) is 258 Å². The minimum atomic E-state index is -0.816. The standard InChI is InChI=1S/C61H102O6/c1-4-7-10-13-16-18-20-22-24-26-28-29-30-31-33-34-36-38-40-42-45-48-51-54-60(63)66-57-58(56-65-59(62)53-50-47-44-15-12-9-6-3)67-61(64)55-52-49-46-43-41-39-37-35-32-27-25-23-21-19-17-14-11-8-5-2/h8,11,17,19-20,22-23,25-26,28,32,35,39,41,46,49,58H,4-7,9-10,12-16,18,21,24,27,29-31,33-34,36-38,40,42-45,47-48,50-57H2,1-3H3/b11-8-,19-17-,22-20-,25-23-,28-26-,35-32-,41-39-,49-46-. The zero-order valence-electron chi connectivity index (χ0n) is 43.6. The van der Waals surface area contributed by atoms with Gasteiger partial charge in [0.2, 0.25) is 0 Å². The average molecular weight is 931 g/mol. The van der Waals surface area contributed by atoms with E-state index >= 15 is 0 Å². The fourth-order valence-corrected chi connectivity index (χ4v) is 7.44. The van der Waals surface area contributed by atoms with Gasteiger partial charge in [0.05, 0.1) is 0 Å². The zero-order valence-corrected chi connectivity index (χ0v) is 43.6. The molecule has 0 aromatic heterocycles. The number of hydrogen-bond acceptors (Lipinski definition) is 6. The fraction of sp³-hybridized carbons (Fsp3) is 0.689. The van der Waals surface area contributed by atoms with Crippen molar-refractivity contribution >= 4 is 17.9 Å². The highest BCUT2D eigenvalue weighted by molar-refractivity contribution is 5.71. The van der Waals surface area contributed by atoms with Crippen LogP contribution in [-0.4, -0.2) is 37.2 Å². The monoisotopic (exact) mass is 931 g/mol. The SMILES string of the molecule is CC/C=C\C/C=C\C/C=C\C/C=C\C/C=C\C/C=C\CCC(=O)OC(COC(=O)CCCCCCCCC)COC(=O)CCCCCCCCCCCCC/C=C\C/C=C\CCCCCCC. The Labute approximate surface area is 413 Å². The lowest BCUT2D eigenvalue weighted by molar-refractivity contribution is -0.166. The number of hydrogen-bond donors (Lipinski definition) is 0. The Hall–Kier alpha value is -3.67. The molecule has 0 aliphatic carbocycles. The van der Waals surface area contributed by atoms with Crippen LogP contribution < -0.4 is 0 Å². The van der Waals surface area contributed by atoms with Gasteiger partial charge in [-0.05, 0) is 89.9 Å². The van der Waals surface area contributed by atoms with Crippen LogP contribution in [0.25, 0.3) is 0 Å². The highest BCUT2D eigenvalue weighted by Gasteiger charge is 2.19. The average Bonchev–Trinajstić information content (AvgIpc) is 3.33. The first kappa shape index (κ1) is 63.3. The molecule has 0 amide bonds. The molecule has 1 atom stereocenters. The van der Waals surface area contributed by atoms with Crippen LogP contribution in [0.5, 0.6) is 0 Å². The van der Waals surface area contributed by atoms with E-state index in [2.05, 4.69) is 106 Å². The topological polar surface area (TPSA) is 78.9 Å². The molecule has 0 saturated heterocycles. The van der Waals surface area contributed by atoms with Gasteiger partial charge in [0.1, 0.15) is 13.2 Å². The smallest absolute Gasteiger partial charge is 0.306 e. The van der Waals surface area contributed by atoms with E-state index in [-0.39, 0.29) is 31.6 Å². The molecule has 0 spiro atoms. The molecule has 0 bridgehead atoms. The van der Waals surface area contributed by atoms with E-state index in [1.807, 2.05) is 12.2 Å². The molecule has 0 aliphatic rings. The maximum absolute atomic E-state index is 12.8. The number of rotatable bonds is 49. The zero-order chi connectivity index (χ0) is 48.6. The van der Waals surface area contributed by atoms with Crippen molar-refractivity contribution in [1.82, 2.24) is 0 Å². The lowest BCUT2D eigenvalue weighted by Crippen LogP contribution is -2.30. The van der Waals surface area contributed by atoms with Gasteiger partial charge in [0.25, 0.3) is 0 Å². The van der Waals surface area contributed by atoms with Gasteiger partial charge in [-0.2, -0.15) is 0 Å². The highest BCUT2D eigenvalue weighted by Crippen LogP contribution is 2.14. The van der Waals surface area contributed by atoms with Crippen molar-refractivity contribution in [2.75, 3.05) is 13.2 Å².